The first-order chi connectivity index (χ1) is 7.45. The number of hydrogen-bond acceptors (Lipinski definition) is 1. The molecular weight excluding hydrogens is 200 g/mol. The molecule has 0 spiro atoms. The lowest BCUT2D eigenvalue weighted by molar-refractivity contribution is 0.430. The van der Waals surface area contributed by atoms with E-state index in [0.29, 0.717) is 5.92 Å². The SMILES string of the molecule is C(#CC1CCCCC1)Sc1ccccc1. The van der Waals surface area contributed by atoms with Crippen molar-refractivity contribution in [2.45, 2.75) is 37.0 Å². The molecule has 0 heterocycles. The van der Waals surface area contributed by atoms with E-state index >= 15 is 0 Å². The Kier molecular flexibility index (Phi) is 4.17. The second-order valence-corrected chi connectivity index (χ2v) is 4.88. The van der Waals surface area contributed by atoms with E-state index in [1.807, 2.05) is 6.07 Å². The number of rotatable bonds is 1. The molecule has 1 fully saturated rings. The highest BCUT2D eigenvalue weighted by atomic mass is 32.2. The molecule has 0 aromatic heterocycles. The molecule has 0 unspecified atom stereocenters. The van der Waals surface area contributed by atoms with Crippen LogP contribution in [0.25, 0.3) is 0 Å². The Morgan fingerprint density at radius 1 is 1.00 bits per heavy atom. The molecular formula is C14H16S. The zero-order chi connectivity index (χ0) is 10.3. The van der Waals surface area contributed by atoms with Gasteiger partial charge in [-0.2, -0.15) is 0 Å². The maximum Gasteiger partial charge on any atom is 0.0211 e. The highest BCUT2D eigenvalue weighted by molar-refractivity contribution is 8.03. The van der Waals surface area contributed by atoms with Gasteiger partial charge in [0.25, 0.3) is 0 Å². The van der Waals surface area contributed by atoms with Gasteiger partial charge >= 0.3 is 0 Å². The van der Waals surface area contributed by atoms with Crippen LogP contribution in [0.4, 0.5) is 0 Å². The van der Waals surface area contributed by atoms with Crippen molar-refractivity contribution < 1.29 is 0 Å². The van der Waals surface area contributed by atoms with Crippen LogP contribution < -0.4 is 0 Å². The van der Waals surface area contributed by atoms with Gasteiger partial charge in [0, 0.05) is 10.8 Å². The highest BCUT2D eigenvalue weighted by Gasteiger charge is 2.09. The first kappa shape index (κ1) is 10.6. The Balaban J connectivity index is 1.84. The van der Waals surface area contributed by atoms with Crippen molar-refractivity contribution in [1.82, 2.24) is 0 Å². The standard InChI is InChI=1S/C14H16S/c1-3-7-13(8-4-1)11-12-15-14-9-5-2-6-10-14/h2,5-6,9-10,13H,1,3-4,7-8H2. The van der Waals surface area contributed by atoms with Crippen molar-refractivity contribution in [2.75, 3.05) is 0 Å². The van der Waals surface area contributed by atoms with Crippen molar-refractivity contribution in [3.05, 3.63) is 30.3 Å². The molecule has 0 atom stereocenters. The van der Waals surface area contributed by atoms with Gasteiger partial charge in [0.15, 0.2) is 0 Å². The summed E-state index contributed by atoms with van der Waals surface area (Å²) < 4.78 is 0. The summed E-state index contributed by atoms with van der Waals surface area (Å²) in [4.78, 5) is 1.25. The van der Waals surface area contributed by atoms with Crippen molar-refractivity contribution in [3.63, 3.8) is 0 Å². The van der Waals surface area contributed by atoms with Crippen LogP contribution in [0.3, 0.4) is 0 Å². The predicted molar refractivity (Wildman–Crippen MR) is 66.7 cm³/mol. The fourth-order valence-corrected chi connectivity index (χ4v) is 2.54. The van der Waals surface area contributed by atoms with Crippen LogP contribution >= 0.6 is 11.8 Å². The lowest BCUT2D eigenvalue weighted by Crippen LogP contribution is -2.02. The minimum atomic E-state index is 0.662. The van der Waals surface area contributed by atoms with Gasteiger partial charge in [-0.25, -0.2) is 0 Å². The van der Waals surface area contributed by atoms with Gasteiger partial charge in [0.1, 0.15) is 0 Å². The summed E-state index contributed by atoms with van der Waals surface area (Å²) in [5, 5.41) is 3.24. The molecule has 2 rings (SSSR count). The molecule has 1 saturated carbocycles. The Hall–Kier alpha value is -0.870. The maximum absolute atomic E-state index is 3.38. The average molecular weight is 216 g/mol. The molecule has 0 radical (unpaired) electrons. The molecule has 0 amide bonds. The molecule has 1 aliphatic rings. The topological polar surface area (TPSA) is 0 Å². The van der Waals surface area contributed by atoms with Crippen molar-refractivity contribution in [2.24, 2.45) is 5.92 Å². The number of hydrogen-bond donors (Lipinski definition) is 0. The third kappa shape index (κ3) is 3.64. The zero-order valence-electron chi connectivity index (χ0n) is 8.91. The zero-order valence-corrected chi connectivity index (χ0v) is 9.72. The molecule has 0 bridgehead atoms. The Labute approximate surface area is 96.5 Å². The van der Waals surface area contributed by atoms with Crippen LogP contribution in [0.1, 0.15) is 32.1 Å². The van der Waals surface area contributed by atoms with Gasteiger partial charge in [0.2, 0.25) is 0 Å². The van der Waals surface area contributed by atoms with Crippen molar-refractivity contribution >= 4 is 11.8 Å². The first-order valence-electron chi connectivity index (χ1n) is 5.67. The van der Waals surface area contributed by atoms with E-state index in [1.54, 1.807) is 11.8 Å². The molecule has 1 aromatic rings. The molecule has 0 saturated heterocycles. The number of benzene rings is 1. The summed E-state index contributed by atoms with van der Waals surface area (Å²) in [6, 6.07) is 10.4. The van der Waals surface area contributed by atoms with E-state index in [9.17, 15) is 0 Å². The predicted octanol–water partition coefficient (Wildman–Crippen LogP) is 4.32. The highest BCUT2D eigenvalue weighted by Crippen LogP contribution is 2.23. The van der Waals surface area contributed by atoms with Crippen LogP contribution in [0.5, 0.6) is 0 Å². The smallest absolute Gasteiger partial charge is 0.0211 e. The summed E-state index contributed by atoms with van der Waals surface area (Å²) in [5.41, 5.74) is 0. The molecule has 78 valence electrons. The van der Waals surface area contributed by atoms with Crippen LogP contribution in [-0.4, -0.2) is 0 Å². The summed E-state index contributed by atoms with van der Waals surface area (Å²) >= 11 is 1.65. The summed E-state index contributed by atoms with van der Waals surface area (Å²) in [7, 11) is 0. The van der Waals surface area contributed by atoms with E-state index in [4.69, 9.17) is 0 Å². The fourth-order valence-electron chi connectivity index (χ4n) is 1.91. The quantitative estimate of drug-likeness (QED) is 0.497. The monoisotopic (exact) mass is 216 g/mol. The van der Waals surface area contributed by atoms with Gasteiger partial charge in [0.05, 0.1) is 0 Å². The molecule has 15 heavy (non-hydrogen) atoms. The second-order valence-electron chi connectivity index (χ2n) is 4.00. The minimum absolute atomic E-state index is 0.662. The Bertz CT molecular complexity index is 339. The van der Waals surface area contributed by atoms with Crippen molar-refractivity contribution in [3.8, 4) is 11.2 Å². The first-order valence-corrected chi connectivity index (χ1v) is 6.49. The summed E-state index contributed by atoms with van der Waals surface area (Å²) in [6.45, 7) is 0. The molecule has 1 heteroatoms. The molecule has 0 N–H and O–H groups in total. The second kappa shape index (κ2) is 5.88. The number of thioether (sulfide) groups is 1. The molecule has 1 aromatic carbocycles. The Morgan fingerprint density at radius 3 is 2.47 bits per heavy atom. The van der Waals surface area contributed by atoms with E-state index in [2.05, 4.69) is 35.4 Å². The van der Waals surface area contributed by atoms with Gasteiger partial charge in [-0.1, -0.05) is 43.4 Å². The van der Waals surface area contributed by atoms with Crippen LogP contribution in [0, 0.1) is 17.1 Å². The summed E-state index contributed by atoms with van der Waals surface area (Å²) in [5.74, 6) is 4.05. The molecule has 0 nitrogen and oxygen atoms in total. The van der Waals surface area contributed by atoms with Gasteiger partial charge in [-0.15, -0.1) is 0 Å². The van der Waals surface area contributed by atoms with Gasteiger partial charge in [-0.3, -0.25) is 0 Å². The average Bonchev–Trinajstić information content (AvgIpc) is 2.32. The van der Waals surface area contributed by atoms with Gasteiger partial charge < -0.3 is 0 Å². The lowest BCUT2D eigenvalue weighted by Gasteiger charge is -2.15. The molecule has 0 aliphatic heterocycles. The molecule has 1 aliphatic carbocycles. The van der Waals surface area contributed by atoms with Crippen LogP contribution in [-0.2, 0) is 0 Å². The summed E-state index contributed by atoms with van der Waals surface area (Å²) in [6.07, 6.45) is 6.76. The minimum Gasteiger partial charge on any atom is -0.0875 e. The van der Waals surface area contributed by atoms with E-state index in [1.165, 1.54) is 37.0 Å². The largest absolute Gasteiger partial charge is 0.0875 e. The maximum atomic E-state index is 3.38. The third-order valence-electron chi connectivity index (χ3n) is 2.78. The Morgan fingerprint density at radius 2 is 1.73 bits per heavy atom. The van der Waals surface area contributed by atoms with Gasteiger partial charge in [-0.05, 0) is 42.0 Å². The fraction of sp³-hybridized carbons (Fsp3) is 0.429. The van der Waals surface area contributed by atoms with E-state index in [-0.39, 0.29) is 0 Å². The lowest BCUT2D eigenvalue weighted by atomic mass is 9.90. The normalized spacial score (nSPS) is 16.8. The van der Waals surface area contributed by atoms with E-state index < -0.39 is 0 Å². The van der Waals surface area contributed by atoms with Crippen LogP contribution in [0.15, 0.2) is 35.2 Å². The van der Waals surface area contributed by atoms with Crippen LogP contribution in [0.2, 0.25) is 0 Å². The van der Waals surface area contributed by atoms with Crippen molar-refractivity contribution in [1.29, 1.82) is 0 Å². The third-order valence-corrected chi connectivity index (χ3v) is 3.51. The van der Waals surface area contributed by atoms with E-state index in [0.717, 1.165) is 0 Å².